The van der Waals surface area contributed by atoms with Crippen molar-refractivity contribution in [3.05, 3.63) is 0 Å². The summed E-state index contributed by atoms with van der Waals surface area (Å²) in [6, 6.07) is 1.80. The van der Waals surface area contributed by atoms with Crippen molar-refractivity contribution in [3.8, 4) is 0 Å². The molecule has 3 heterocycles. The van der Waals surface area contributed by atoms with Crippen LogP contribution in [0, 0.1) is 5.41 Å². The maximum atomic E-state index is 2.74. The average molecular weight is 208 g/mol. The van der Waals surface area contributed by atoms with E-state index in [9.17, 15) is 0 Å². The highest BCUT2D eigenvalue weighted by Gasteiger charge is 2.49. The van der Waals surface area contributed by atoms with E-state index >= 15 is 0 Å². The van der Waals surface area contributed by atoms with Crippen molar-refractivity contribution in [2.75, 3.05) is 13.1 Å². The second kappa shape index (κ2) is 3.46. The van der Waals surface area contributed by atoms with Crippen LogP contribution < -0.4 is 0 Å². The first-order chi connectivity index (χ1) is 7.28. The zero-order valence-electron chi connectivity index (χ0n) is 10.2. The van der Waals surface area contributed by atoms with Crippen LogP contribution in [0.25, 0.3) is 0 Å². The number of hydrogen-bond acceptors (Lipinski definition) is 2. The summed E-state index contributed by atoms with van der Waals surface area (Å²) in [6.45, 7) is 7.46. The molecule has 1 saturated carbocycles. The Balaban J connectivity index is 1.83. The van der Waals surface area contributed by atoms with Crippen molar-refractivity contribution < 1.29 is 0 Å². The van der Waals surface area contributed by atoms with Gasteiger partial charge in [0, 0.05) is 25.2 Å². The lowest BCUT2D eigenvalue weighted by atomic mass is 9.83. The molecule has 0 aromatic carbocycles. The summed E-state index contributed by atoms with van der Waals surface area (Å²) in [6.07, 6.45) is 8.57. The van der Waals surface area contributed by atoms with Gasteiger partial charge in [0.05, 0.1) is 0 Å². The van der Waals surface area contributed by atoms with Crippen molar-refractivity contribution in [2.45, 2.75) is 64.5 Å². The van der Waals surface area contributed by atoms with Gasteiger partial charge in [0.1, 0.15) is 0 Å². The van der Waals surface area contributed by atoms with Gasteiger partial charge in [0.25, 0.3) is 0 Å². The first-order valence-corrected chi connectivity index (χ1v) is 6.81. The van der Waals surface area contributed by atoms with E-state index in [1.54, 1.807) is 0 Å². The molecule has 15 heavy (non-hydrogen) atoms. The first kappa shape index (κ1) is 10.1. The summed E-state index contributed by atoms with van der Waals surface area (Å²) in [5.41, 5.74) is 0.616. The largest absolute Gasteiger partial charge is 0.238 e. The van der Waals surface area contributed by atoms with E-state index in [0.717, 1.165) is 12.1 Å². The number of nitrogens with zero attached hydrogens (tertiary/aromatic N) is 2. The van der Waals surface area contributed by atoms with Crippen LogP contribution in [0.4, 0.5) is 0 Å². The van der Waals surface area contributed by atoms with Gasteiger partial charge in [0.2, 0.25) is 0 Å². The normalized spacial score (nSPS) is 39.6. The molecule has 1 aliphatic carbocycles. The SMILES string of the molecule is CCC1(CC)CN2C3CCC(CC3)N2C1. The first-order valence-electron chi connectivity index (χ1n) is 6.81. The standard InChI is InChI=1S/C13H24N2/c1-3-13(4-2)9-14-11-5-6-12(8-7-11)15(14)10-13/h11-12H,3-10H2,1-2H3. The maximum Gasteiger partial charge on any atom is 0.0247 e. The lowest BCUT2D eigenvalue weighted by Crippen LogP contribution is -2.57. The van der Waals surface area contributed by atoms with Crippen LogP contribution in [0.5, 0.6) is 0 Å². The zero-order valence-corrected chi connectivity index (χ0v) is 10.2. The molecule has 4 rings (SSSR count). The quantitative estimate of drug-likeness (QED) is 0.688. The van der Waals surface area contributed by atoms with E-state index in [1.165, 1.54) is 51.6 Å². The summed E-state index contributed by atoms with van der Waals surface area (Å²) in [7, 11) is 0. The van der Waals surface area contributed by atoms with E-state index in [0.29, 0.717) is 5.41 Å². The van der Waals surface area contributed by atoms with Crippen molar-refractivity contribution in [1.29, 1.82) is 0 Å². The lowest BCUT2D eigenvalue weighted by molar-refractivity contribution is -0.123. The molecule has 0 N–H and O–H groups in total. The maximum absolute atomic E-state index is 2.74. The van der Waals surface area contributed by atoms with Crippen molar-refractivity contribution >= 4 is 0 Å². The predicted octanol–water partition coefficient (Wildman–Crippen LogP) is 2.65. The Morgan fingerprint density at radius 2 is 1.27 bits per heavy atom. The molecule has 0 amide bonds. The van der Waals surface area contributed by atoms with E-state index in [-0.39, 0.29) is 0 Å². The molecule has 0 unspecified atom stereocenters. The van der Waals surface area contributed by atoms with Gasteiger partial charge in [-0.15, -0.1) is 0 Å². The summed E-state index contributed by atoms with van der Waals surface area (Å²) in [5, 5.41) is 5.48. The Labute approximate surface area is 93.6 Å². The summed E-state index contributed by atoms with van der Waals surface area (Å²) in [5.74, 6) is 0. The Morgan fingerprint density at radius 1 is 0.867 bits per heavy atom. The molecule has 3 aliphatic heterocycles. The minimum atomic E-state index is 0.616. The Bertz CT molecular complexity index is 217. The molecule has 2 bridgehead atoms. The van der Waals surface area contributed by atoms with Gasteiger partial charge in [-0.1, -0.05) is 13.8 Å². The monoisotopic (exact) mass is 208 g/mol. The van der Waals surface area contributed by atoms with Crippen LogP contribution in [-0.4, -0.2) is 35.2 Å². The van der Waals surface area contributed by atoms with Crippen LogP contribution in [0.2, 0.25) is 0 Å². The van der Waals surface area contributed by atoms with E-state index in [4.69, 9.17) is 0 Å². The second-order valence-electron chi connectivity index (χ2n) is 5.86. The fourth-order valence-electron chi connectivity index (χ4n) is 3.95. The van der Waals surface area contributed by atoms with Crippen molar-refractivity contribution in [1.82, 2.24) is 10.0 Å². The van der Waals surface area contributed by atoms with E-state index < -0.39 is 0 Å². The third kappa shape index (κ3) is 1.38. The molecule has 3 saturated heterocycles. The minimum absolute atomic E-state index is 0.616. The highest BCUT2D eigenvalue weighted by Crippen LogP contribution is 2.45. The van der Waals surface area contributed by atoms with Crippen LogP contribution in [0.3, 0.4) is 0 Å². The second-order valence-corrected chi connectivity index (χ2v) is 5.86. The van der Waals surface area contributed by atoms with Gasteiger partial charge in [-0.25, -0.2) is 10.0 Å². The number of hydrogen-bond donors (Lipinski definition) is 0. The molecule has 4 aliphatic rings. The van der Waals surface area contributed by atoms with Gasteiger partial charge in [-0.3, -0.25) is 0 Å². The molecule has 0 aromatic heterocycles. The Hall–Kier alpha value is -0.0800. The van der Waals surface area contributed by atoms with Crippen molar-refractivity contribution in [3.63, 3.8) is 0 Å². The Kier molecular flexibility index (Phi) is 2.33. The van der Waals surface area contributed by atoms with Gasteiger partial charge >= 0.3 is 0 Å². The molecular weight excluding hydrogens is 184 g/mol. The van der Waals surface area contributed by atoms with Gasteiger partial charge < -0.3 is 0 Å². The topological polar surface area (TPSA) is 6.48 Å². The molecule has 0 atom stereocenters. The summed E-state index contributed by atoms with van der Waals surface area (Å²) < 4.78 is 0. The van der Waals surface area contributed by atoms with E-state index in [1.807, 2.05) is 0 Å². The molecule has 0 radical (unpaired) electrons. The van der Waals surface area contributed by atoms with Crippen LogP contribution in [0.1, 0.15) is 52.4 Å². The molecule has 4 fully saturated rings. The third-order valence-electron chi connectivity index (χ3n) is 5.33. The van der Waals surface area contributed by atoms with Crippen LogP contribution in [-0.2, 0) is 0 Å². The molecule has 86 valence electrons. The fraction of sp³-hybridized carbons (Fsp3) is 1.00. The van der Waals surface area contributed by atoms with Gasteiger partial charge in [0.15, 0.2) is 0 Å². The van der Waals surface area contributed by atoms with Gasteiger partial charge in [-0.05, 0) is 43.9 Å². The lowest BCUT2D eigenvalue weighted by Gasteiger charge is -2.50. The fourth-order valence-corrected chi connectivity index (χ4v) is 3.95. The molecule has 0 spiro atoms. The van der Waals surface area contributed by atoms with Crippen molar-refractivity contribution in [2.24, 2.45) is 5.41 Å². The third-order valence-corrected chi connectivity index (χ3v) is 5.33. The molecular formula is C13H24N2. The molecule has 2 heteroatoms. The van der Waals surface area contributed by atoms with E-state index in [2.05, 4.69) is 23.9 Å². The minimum Gasteiger partial charge on any atom is -0.238 e. The number of rotatable bonds is 2. The summed E-state index contributed by atoms with van der Waals surface area (Å²) in [4.78, 5) is 0. The highest BCUT2D eigenvalue weighted by molar-refractivity contribution is 4.99. The van der Waals surface area contributed by atoms with Crippen LogP contribution in [0.15, 0.2) is 0 Å². The van der Waals surface area contributed by atoms with Crippen LogP contribution >= 0.6 is 0 Å². The molecule has 2 nitrogen and oxygen atoms in total. The summed E-state index contributed by atoms with van der Waals surface area (Å²) >= 11 is 0. The smallest absolute Gasteiger partial charge is 0.0247 e. The highest BCUT2D eigenvalue weighted by atomic mass is 15.7. The number of fused-ring (bicyclic) bond motifs is 2. The zero-order chi connectivity index (χ0) is 10.5. The predicted molar refractivity (Wildman–Crippen MR) is 62.5 cm³/mol. The average Bonchev–Trinajstić information content (AvgIpc) is 2.73. The Morgan fingerprint density at radius 3 is 1.60 bits per heavy atom. The molecule has 0 aromatic rings. The van der Waals surface area contributed by atoms with Gasteiger partial charge in [-0.2, -0.15) is 0 Å². The number of hydrazine groups is 1.